The van der Waals surface area contributed by atoms with Crippen LogP contribution >= 0.6 is 0 Å². The Hall–Kier alpha value is -2.63. The second-order valence-electron chi connectivity index (χ2n) is 7.96. The van der Waals surface area contributed by atoms with Crippen LogP contribution in [0.15, 0.2) is 42.5 Å². The zero-order valence-corrected chi connectivity index (χ0v) is 19.0. The molecular formula is C25H34O6. The third-order valence-electron chi connectivity index (χ3n) is 5.96. The lowest BCUT2D eigenvalue weighted by atomic mass is 9.66. The van der Waals surface area contributed by atoms with Gasteiger partial charge in [-0.05, 0) is 39.2 Å². The Balaban J connectivity index is 2.70. The van der Waals surface area contributed by atoms with Crippen LogP contribution in [0, 0.1) is 17.3 Å². The van der Waals surface area contributed by atoms with Crippen molar-refractivity contribution < 1.29 is 28.6 Å². The highest BCUT2D eigenvalue weighted by Crippen LogP contribution is 2.60. The van der Waals surface area contributed by atoms with Gasteiger partial charge in [-0.1, -0.05) is 55.8 Å². The Kier molecular flexibility index (Phi) is 8.84. The summed E-state index contributed by atoms with van der Waals surface area (Å²) in [5, 5.41) is 0. The van der Waals surface area contributed by atoms with E-state index in [9.17, 15) is 14.4 Å². The first kappa shape index (κ1) is 24.6. The number of hydrogen-bond donors (Lipinski definition) is 0. The molecule has 1 aliphatic carbocycles. The molecule has 1 fully saturated rings. The lowest BCUT2D eigenvalue weighted by Crippen LogP contribution is -2.49. The van der Waals surface area contributed by atoms with Crippen LogP contribution in [-0.2, 0) is 28.6 Å². The molecule has 0 saturated heterocycles. The van der Waals surface area contributed by atoms with Crippen molar-refractivity contribution in [1.82, 2.24) is 0 Å². The number of rotatable bonds is 10. The molecule has 31 heavy (non-hydrogen) atoms. The molecule has 0 aromatic heterocycles. The molecule has 1 aromatic carbocycles. The number of unbranched alkanes of at least 4 members (excludes halogenated alkanes) is 1. The minimum atomic E-state index is -1.70. The fourth-order valence-electron chi connectivity index (χ4n) is 4.63. The van der Waals surface area contributed by atoms with Crippen molar-refractivity contribution in [2.45, 2.75) is 52.9 Å². The molecule has 6 nitrogen and oxygen atoms in total. The van der Waals surface area contributed by atoms with Crippen molar-refractivity contribution >= 4 is 17.9 Å². The van der Waals surface area contributed by atoms with Gasteiger partial charge in [0, 0.05) is 11.8 Å². The number of carbonyl (C=O) groups excluding carboxylic acids is 3. The molecule has 0 aliphatic heterocycles. The van der Waals surface area contributed by atoms with E-state index in [2.05, 4.69) is 6.58 Å². The maximum absolute atomic E-state index is 13.5. The summed E-state index contributed by atoms with van der Waals surface area (Å²) in [6.45, 7) is 11.7. The Labute approximate surface area is 184 Å². The summed E-state index contributed by atoms with van der Waals surface area (Å²) in [5.74, 6) is -3.86. The van der Waals surface area contributed by atoms with Crippen LogP contribution in [0.5, 0.6) is 0 Å². The summed E-state index contributed by atoms with van der Waals surface area (Å²) in [7, 11) is 0. The van der Waals surface area contributed by atoms with Crippen LogP contribution in [0.2, 0.25) is 0 Å². The predicted molar refractivity (Wildman–Crippen MR) is 117 cm³/mol. The predicted octanol–water partition coefficient (Wildman–Crippen LogP) is 4.44. The molecule has 0 bridgehead atoms. The van der Waals surface area contributed by atoms with Gasteiger partial charge in [-0.2, -0.15) is 0 Å². The third kappa shape index (κ3) is 4.83. The first-order valence-corrected chi connectivity index (χ1v) is 11.1. The van der Waals surface area contributed by atoms with Crippen LogP contribution in [0.3, 0.4) is 0 Å². The van der Waals surface area contributed by atoms with Crippen molar-refractivity contribution in [3.63, 3.8) is 0 Å². The number of carbonyl (C=O) groups is 3. The molecule has 0 amide bonds. The van der Waals surface area contributed by atoms with E-state index < -0.39 is 41.1 Å². The molecule has 6 heteroatoms. The average molecular weight is 431 g/mol. The van der Waals surface area contributed by atoms with E-state index in [0.29, 0.717) is 17.7 Å². The first-order valence-electron chi connectivity index (χ1n) is 11.1. The van der Waals surface area contributed by atoms with Crippen LogP contribution in [-0.4, -0.2) is 37.7 Å². The molecule has 0 heterocycles. The van der Waals surface area contributed by atoms with Gasteiger partial charge in [-0.15, -0.1) is 0 Å². The largest absolute Gasteiger partial charge is 0.465 e. The fourth-order valence-corrected chi connectivity index (χ4v) is 4.63. The number of ether oxygens (including phenoxy) is 3. The molecule has 1 saturated carbocycles. The SMILES string of the molecule is C=C(C)[C@@H]1C[C@@H](C(=O)OCCCC)[C@@H](c2ccccc2)C1(C(=O)OCC)C(=O)OCC. The highest BCUT2D eigenvalue weighted by Gasteiger charge is 2.68. The van der Waals surface area contributed by atoms with Crippen LogP contribution in [0.25, 0.3) is 0 Å². The lowest BCUT2D eigenvalue weighted by Gasteiger charge is -2.36. The topological polar surface area (TPSA) is 78.9 Å². The van der Waals surface area contributed by atoms with E-state index in [1.54, 1.807) is 20.8 Å². The molecular weight excluding hydrogens is 396 g/mol. The van der Waals surface area contributed by atoms with E-state index >= 15 is 0 Å². The normalized spacial score (nSPS) is 21.9. The summed E-state index contributed by atoms with van der Waals surface area (Å²) < 4.78 is 16.4. The maximum Gasteiger partial charge on any atom is 0.324 e. The molecule has 0 radical (unpaired) electrons. The van der Waals surface area contributed by atoms with Gasteiger partial charge in [0.2, 0.25) is 0 Å². The third-order valence-corrected chi connectivity index (χ3v) is 5.96. The molecule has 0 spiro atoms. The van der Waals surface area contributed by atoms with Gasteiger partial charge in [0.1, 0.15) is 0 Å². The minimum Gasteiger partial charge on any atom is -0.465 e. The Bertz CT molecular complexity index is 766. The summed E-state index contributed by atoms with van der Waals surface area (Å²) in [6, 6.07) is 9.14. The lowest BCUT2D eigenvalue weighted by molar-refractivity contribution is -0.176. The van der Waals surface area contributed by atoms with E-state index in [1.807, 2.05) is 37.3 Å². The Morgan fingerprint density at radius 2 is 1.58 bits per heavy atom. The molecule has 1 aromatic rings. The van der Waals surface area contributed by atoms with Crippen molar-refractivity contribution in [2.75, 3.05) is 19.8 Å². The van der Waals surface area contributed by atoms with Crippen molar-refractivity contribution in [3.8, 4) is 0 Å². The number of esters is 3. The number of allylic oxidation sites excluding steroid dienone is 1. The van der Waals surface area contributed by atoms with Gasteiger partial charge in [-0.3, -0.25) is 14.4 Å². The second-order valence-corrected chi connectivity index (χ2v) is 7.96. The van der Waals surface area contributed by atoms with E-state index in [-0.39, 0.29) is 19.6 Å². The van der Waals surface area contributed by atoms with Crippen molar-refractivity contribution in [2.24, 2.45) is 17.3 Å². The fraction of sp³-hybridized carbons (Fsp3) is 0.560. The zero-order chi connectivity index (χ0) is 23.0. The monoisotopic (exact) mass is 430 g/mol. The van der Waals surface area contributed by atoms with Gasteiger partial charge >= 0.3 is 17.9 Å². The van der Waals surface area contributed by atoms with Gasteiger partial charge in [0.15, 0.2) is 5.41 Å². The van der Waals surface area contributed by atoms with E-state index in [0.717, 1.165) is 12.8 Å². The van der Waals surface area contributed by atoms with Crippen LogP contribution in [0.1, 0.15) is 58.4 Å². The van der Waals surface area contributed by atoms with Gasteiger partial charge in [-0.25, -0.2) is 0 Å². The minimum absolute atomic E-state index is 0.107. The summed E-state index contributed by atoms with van der Waals surface area (Å²) >= 11 is 0. The summed E-state index contributed by atoms with van der Waals surface area (Å²) in [5.41, 5.74) is -0.371. The first-order chi connectivity index (χ1) is 14.9. The summed E-state index contributed by atoms with van der Waals surface area (Å²) in [4.78, 5) is 40.2. The summed E-state index contributed by atoms with van der Waals surface area (Å²) in [6.07, 6.45) is 1.90. The molecule has 2 rings (SSSR count). The number of benzene rings is 1. The molecule has 170 valence electrons. The number of hydrogen-bond acceptors (Lipinski definition) is 6. The average Bonchev–Trinajstić information content (AvgIpc) is 3.12. The molecule has 0 N–H and O–H groups in total. The van der Waals surface area contributed by atoms with E-state index in [1.165, 1.54) is 0 Å². The molecule has 0 unspecified atom stereocenters. The standard InChI is InChI=1S/C25H34O6/c1-6-9-15-31-22(26)19-16-20(17(4)5)25(23(27)29-7-2,24(28)30-8-3)21(19)18-13-11-10-12-14-18/h10-14,19-21H,4,6-9,15-16H2,1-3,5H3/t19-,20+,21-/m1/s1. The van der Waals surface area contributed by atoms with Gasteiger partial charge in [0.05, 0.1) is 25.7 Å². The highest BCUT2D eigenvalue weighted by molar-refractivity contribution is 6.03. The van der Waals surface area contributed by atoms with Crippen molar-refractivity contribution in [1.29, 1.82) is 0 Å². The Morgan fingerprint density at radius 1 is 1.00 bits per heavy atom. The molecule has 1 aliphatic rings. The van der Waals surface area contributed by atoms with Crippen LogP contribution in [0.4, 0.5) is 0 Å². The van der Waals surface area contributed by atoms with Gasteiger partial charge in [0.25, 0.3) is 0 Å². The highest BCUT2D eigenvalue weighted by atomic mass is 16.6. The van der Waals surface area contributed by atoms with Crippen molar-refractivity contribution in [3.05, 3.63) is 48.0 Å². The second kappa shape index (κ2) is 11.1. The maximum atomic E-state index is 13.5. The molecule has 3 atom stereocenters. The van der Waals surface area contributed by atoms with Crippen LogP contribution < -0.4 is 0 Å². The Morgan fingerprint density at radius 3 is 2.06 bits per heavy atom. The van der Waals surface area contributed by atoms with E-state index in [4.69, 9.17) is 14.2 Å². The smallest absolute Gasteiger partial charge is 0.324 e. The van der Waals surface area contributed by atoms with Gasteiger partial charge < -0.3 is 14.2 Å². The quantitative estimate of drug-likeness (QED) is 0.180. The zero-order valence-electron chi connectivity index (χ0n) is 19.0.